The first-order valence-electron chi connectivity index (χ1n) is 11.3. The van der Waals surface area contributed by atoms with Gasteiger partial charge in [-0.2, -0.15) is 0 Å². The molecule has 7 heteroatoms. The van der Waals surface area contributed by atoms with E-state index in [0.29, 0.717) is 12.1 Å². The van der Waals surface area contributed by atoms with Crippen molar-refractivity contribution in [3.8, 4) is 0 Å². The van der Waals surface area contributed by atoms with E-state index in [0.717, 1.165) is 50.3 Å². The van der Waals surface area contributed by atoms with E-state index >= 15 is 0 Å². The maximum atomic E-state index is 13.5. The van der Waals surface area contributed by atoms with Gasteiger partial charge in [-0.3, -0.25) is 14.6 Å². The minimum Gasteiger partial charge on any atom is -0.336 e. The van der Waals surface area contributed by atoms with Crippen LogP contribution in [0.25, 0.3) is 0 Å². The quantitative estimate of drug-likeness (QED) is 0.735. The summed E-state index contributed by atoms with van der Waals surface area (Å²) in [5.74, 6) is -0.300. The number of hydrogen-bond acceptors (Lipinski definition) is 4. The highest BCUT2D eigenvalue weighted by Crippen LogP contribution is 2.36. The summed E-state index contributed by atoms with van der Waals surface area (Å²) in [5.41, 5.74) is 1.41. The summed E-state index contributed by atoms with van der Waals surface area (Å²) < 4.78 is 13.4. The van der Waals surface area contributed by atoms with Crippen molar-refractivity contribution in [1.29, 1.82) is 0 Å². The molecule has 0 bridgehead atoms. The summed E-state index contributed by atoms with van der Waals surface area (Å²) in [6.07, 6.45) is 3.38. The molecule has 0 radical (unpaired) electrons. The van der Waals surface area contributed by atoms with Crippen LogP contribution in [-0.4, -0.2) is 71.3 Å². The largest absolute Gasteiger partial charge is 0.336 e. The highest BCUT2D eigenvalue weighted by atomic mass is 19.1. The van der Waals surface area contributed by atoms with Gasteiger partial charge in [-0.15, -0.1) is 0 Å². The third-order valence-corrected chi connectivity index (χ3v) is 6.78. The minimum absolute atomic E-state index is 0.00555. The topological polar surface area (TPSA) is 56.8 Å². The molecule has 2 amide bonds. The Balaban J connectivity index is 1.49. The lowest BCUT2D eigenvalue weighted by Gasteiger charge is -2.33. The van der Waals surface area contributed by atoms with E-state index in [1.165, 1.54) is 12.1 Å². The number of carbonyl (C=O) groups excluding carboxylic acids is 2. The fourth-order valence-corrected chi connectivity index (χ4v) is 4.59. The maximum absolute atomic E-state index is 13.5. The van der Waals surface area contributed by atoms with Gasteiger partial charge < -0.3 is 14.7 Å². The number of piperazine rings is 1. The van der Waals surface area contributed by atoms with Crippen molar-refractivity contribution in [2.45, 2.75) is 38.1 Å². The molecular formula is C25H31FN4O2. The second kappa shape index (κ2) is 8.98. The lowest BCUT2D eigenvalue weighted by Crippen LogP contribution is -2.47. The van der Waals surface area contributed by atoms with Crippen LogP contribution in [0.1, 0.15) is 54.3 Å². The number of benzene rings is 1. The number of carbonyl (C=O) groups is 2. The molecule has 1 atom stereocenters. The zero-order valence-electron chi connectivity index (χ0n) is 19.1. The number of amides is 2. The van der Waals surface area contributed by atoms with Gasteiger partial charge in [-0.25, -0.2) is 4.39 Å². The lowest BCUT2D eigenvalue weighted by atomic mass is 9.83. The first-order valence-corrected chi connectivity index (χ1v) is 11.3. The van der Waals surface area contributed by atoms with E-state index in [1.54, 1.807) is 18.3 Å². The number of pyridine rings is 1. The number of aromatic nitrogens is 1. The molecule has 0 N–H and O–H groups in total. The normalized spacial score (nSPS) is 19.9. The van der Waals surface area contributed by atoms with Crippen molar-refractivity contribution < 1.29 is 14.0 Å². The third kappa shape index (κ3) is 4.39. The number of nitrogens with zero attached hydrogens (tertiary/aromatic N) is 4. The minimum atomic E-state index is -0.770. The lowest BCUT2D eigenvalue weighted by molar-refractivity contribution is -0.137. The number of hydrogen-bond donors (Lipinski definition) is 0. The Morgan fingerprint density at radius 1 is 1.00 bits per heavy atom. The molecule has 2 aromatic rings. The van der Waals surface area contributed by atoms with Gasteiger partial charge in [0.1, 0.15) is 5.82 Å². The molecule has 170 valence electrons. The van der Waals surface area contributed by atoms with E-state index in [4.69, 9.17) is 0 Å². The Hall–Kier alpha value is -2.80. The van der Waals surface area contributed by atoms with Crippen LogP contribution in [0, 0.1) is 5.82 Å². The van der Waals surface area contributed by atoms with Gasteiger partial charge in [0.25, 0.3) is 5.91 Å². The van der Waals surface area contributed by atoms with Crippen molar-refractivity contribution in [2.24, 2.45) is 0 Å². The average molecular weight is 439 g/mol. The van der Waals surface area contributed by atoms with Gasteiger partial charge in [0.15, 0.2) is 0 Å². The SMILES string of the molecule is CN1CCN(C(=O)c2ccc([C@H]3CCCN3C(=O)C(C)(C)c3ccc(F)cc3)nc2)CC1. The molecule has 32 heavy (non-hydrogen) atoms. The second-order valence-corrected chi connectivity index (χ2v) is 9.36. The van der Waals surface area contributed by atoms with Crippen LogP contribution in [0.15, 0.2) is 42.6 Å². The molecule has 2 aliphatic rings. The predicted molar refractivity (Wildman–Crippen MR) is 121 cm³/mol. The van der Waals surface area contributed by atoms with Crippen molar-refractivity contribution in [1.82, 2.24) is 19.7 Å². The highest BCUT2D eigenvalue weighted by Gasteiger charge is 2.40. The number of likely N-dealkylation sites (N-methyl/N-ethyl adjacent to an activating group) is 1. The molecule has 2 aliphatic heterocycles. The van der Waals surface area contributed by atoms with E-state index < -0.39 is 5.41 Å². The molecule has 2 saturated heterocycles. The van der Waals surface area contributed by atoms with Crippen LogP contribution < -0.4 is 0 Å². The smallest absolute Gasteiger partial charge is 0.255 e. The Kier molecular flexibility index (Phi) is 6.29. The van der Waals surface area contributed by atoms with Gasteiger partial charge in [-0.1, -0.05) is 12.1 Å². The third-order valence-electron chi connectivity index (χ3n) is 6.78. The summed E-state index contributed by atoms with van der Waals surface area (Å²) in [4.78, 5) is 36.8. The van der Waals surface area contributed by atoms with Crippen LogP contribution in [0.3, 0.4) is 0 Å². The maximum Gasteiger partial charge on any atom is 0.255 e. The molecule has 1 aromatic carbocycles. The highest BCUT2D eigenvalue weighted by molar-refractivity contribution is 5.94. The fraction of sp³-hybridized carbons (Fsp3) is 0.480. The monoisotopic (exact) mass is 438 g/mol. The summed E-state index contributed by atoms with van der Waals surface area (Å²) >= 11 is 0. The van der Waals surface area contributed by atoms with E-state index in [1.807, 2.05) is 35.8 Å². The van der Waals surface area contributed by atoms with Gasteiger partial charge in [0, 0.05) is 38.9 Å². The second-order valence-electron chi connectivity index (χ2n) is 9.36. The van der Waals surface area contributed by atoms with Crippen LogP contribution in [0.5, 0.6) is 0 Å². The summed E-state index contributed by atoms with van der Waals surface area (Å²) in [6, 6.07) is 9.73. The summed E-state index contributed by atoms with van der Waals surface area (Å²) in [6.45, 7) is 7.62. The van der Waals surface area contributed by atoms with Crippen LogP contribution in [-0.2, 0) is 10.2 Å². The van der Waals surface area contributed by atoms with Crippen molar-refractivity contribution in [2.75, 3.05) is 39.8 Å². The van der Waals surface area contributed by atoms with Crippen molar-refractivity contribution in [3.05, 3.63) is 65.2 Å². The molecular weight excluding hydrogens is 407 g/mol. The van der Waals surface area contributed by atoms with Crippen molar-refractivity contribution in [3.63, 3.8) is 0 Å². The summed E-state index contributed by atoms with van der Waals surface area (Å²) in [5, 5.41) is 0. The molecule has 0 unspecified atom stereocenters. The number of likely N-dealkylation sites (tertiary alicyclic amines) is 1. The van der Waals surface area contributed by atoms with Crippen molar-refractivity contribution >= 4 is 11.8 Å². The molecule has 3 heterocycles. The molecule has 2 fully saturated rings. The predicted octanol–water partition coefficient (Wildman–Crippen LogP) is 3.25. The first kappa shape index (κ1) is 22.4. The molecule has 4 rings (SSSR count). The number of rotatable bonds is 4. The standard InChI is InChI=1S/C25H31FN4O2/c1-25(2,19-7-9-20(26)10-8-19)24(32)30-12-4-5-22(30)21-11-6-18(17-27-21)23(31)29-15-13-28(3)14-16-29/h6-11,17,22H,4-5,12-16H2,1-3H3/t22-/m1/s1. The van der Waals surface area contributed by atoms with Gasteiger partial charge in [0.05, 0.1) is 22.7 Å². The van der Waals surface area contributed by atoms with Crippen LogP contribution in [0.4, 0.5) is 4.39 Å². The number of halogens is 1. The Bertz CT molecular complexity index is 966. The molecule has 0 spiro atoms. The Morgan fingerprint density at radius 2 is 1.69 bits per heavy atom. The van der Waals surface area contributed by atoms with E-state index in [-0.39, 0.29) is 23.7 Å². The fourth-order valence-electron chi connectivity index (χ4n) is 4.59. The van der Waals surface area contributed by atoms with Gasteiger partial charge in [0.2, 0.25) is 5.91 Å². The van der Waals surface area contributed by atoms with Gasteiger partial charge >= 0.3 is 0 Å². The zero-order valence-corrected chi connectivity index (χ0v) is 19.1. The molecule has 0 aliphatic carbocycles. The average Bonchev–Trinajstić information content (AvgIpc) is 3.29. The zero-order chi connectivity index (χ0) is 22.9. The molecule has 1 aromatic heterocycles. The van der Waals surface area contributed by atoms with E-state index in [9.17, 15) is 14.0 Å². The Labute approximate surface area is 189 Å². The molecule has 0 saturated carbocycles. The first-order chi connectivity index (χ1) is 15.3. The molecule has 6 nitrogen and oxygen atoms in total. The van der Waals surface area contributed by atoms with Crippen LogP contribution in [0.2, 0.25) is 0 Å². The van der Waals surface area contributed by atoms with Gasteiger partial charge in [-0.05, 0) is 63.6 Å². The van der Waals surface area contributed by atoms with Crippen LogP contribution >= 0.6 is 0 Å². The Morgan fingerprint density at radius 3 is 2.31 bits per heavy atom. The van der Waals surface area contributed by atoms with E-state index in [2.05, 4.69) is 16.9 Å². The summed E-state index contributed by atoms with van der Waals surface area (Å²) in [7, 11) is 2.06.